The van der Waals surface area contributed by atoms with Crippen LogP contribution in [0.5, 0.6) is 5.75 Å². The maximum Gasteiger partial charge on any atom is 0.326 e. The molecule has 0 radical (unpaired) electrons. The minimum atomic E-state index is -1.06. The number of nitrogens with two attached hydrogens (primary N) is 1. The van der Waals surface area contributed by atoms with E-state index >= 15 is 0 Å². The molecule has 21 heavy (non-hydrogen) atoms. The molecule has 0 aliphatic carbocycles. The van der Waals surface area contributed by atoms with Crippen LogP contribution < -0.4 is 11.1 Å². The van der Waals surface area contributed by atoms with Gasteiger partial charge in [0.05, 0.1) is 6.04 Å². The van der Waals surface area contributed by atoms with E-state index in [1.54, 1.807) is 19.1 Å². The number of aromatic hydroxyl groups is 1. The lowest BCUT2D eigenvalue weighted by atomic mass is 9.98. The Morgan fingerprint density at radius 2 is 1.86 bits per heavy atom. The van der Waals surface area contributed by atoms with E-state index in [9.17, 15) is 14.7 Å². The number of carboxylic acids is 1. The highest BCUT2D eigenvalue weighted by Crippen LogP contribution is 2.12. The van der Waals surface area contributed by atoms with Gasteiger partial charge in [0.25, 0.3) is 0 Å². The molecule has 1 amide bonds. The summed E-state index contributed by atoms with van der Waals surface area (Å²) in [4.78, 5) is 23.2. The zero-order valence-electron chi connectivity index (χ0n) is 12.2. The Balaban J connectivity index is 2.64. The van der Waals surface area contributed by atoms with Crippen molar-refractivity contribution in [2.45, 2.75) is 38.8 Å². The van der Waals surface area contributed by atoms with Crippen LogP contribution in [0.3, 0.4) is 0 Å². The second-order valence-electron chi connectivity index (χ2n) is 5.19. The number of phenols is 1. The number of rotatable bonds is 7. The van der Waals surface area contributed by atoms with Crippen LogP contribution >= 0.6 is 0 Å². The minimum Gasteiger partial charge on any atom is -0.508 e. The third-order valence-corrected chi connectivity index (χ3v) is 3.51. The van der Waals surface area contributed by atoms with Crippen LogP contribution in [0.1, 0.15) is 25.8 Å². The Labute approximate surface area is 124 Å². The van der Waals surface area contributed by atoms with Crippen LogP contribution in [0.2, 0.25) is 0 Å². The molecule has 5 N–H and O–H groups in total. The van der Waals surface area contributed by atoms with Gasteiger partial charge in [-0.3, -0.25) is 4.79 Å². The number of carbonyl (C=O) groups excluding carboxylic acids is 1. The van der Waals surface area contributed by atoms with Crippen molar-refractivity contribution in [2.75, 3.05) is 0 Å². The molecular formula is C15H22N2O4. The number of phenolic OH excluding ortho intramolecular Hbond substituents is 1. The summed E-state index contributed by atoms with van der Waals surface area (Å²) in [6.07, 6.45) is 0.920. The SMILES string of the molecule is CCC(C)C(NC(=O)C(N)Cc1ccc(O)cc1)C(=O)O. The fourth-order valence-corrected chi connectivity index (χ4v) is 1.92. The Bertz CT molecular complexity index is 487. The highest BCUT2D eigenvalue weighted by molar-refractivity contribution is 5.87. The molecule has 0 saturated carbocycles. The first kappa shape index (κ1) is 17.0. The molecule has 0 aliphatic rings. The van der Waals surface area contributed by atoms with Gasteiger partial charge in [-0.25, -0.2) is 4.79 Å². The van der Waals surface area contributed by atoms with Crippen molar-refractivity contribution in [3.8, 4) is 5.75 Å². The summed E-state index contributed by atoms with van der Waals surface area (Å²) >= 11 is 0. The summed E-state index contributed by atoms with van der Waals surface area (Å²) in [5.74, 6) is -1.59. The van der Waals surface area contributed by atoms with Gasteiger partial charge in [0, 0.05) is 0 Å². The van der Waals surface area contributed by atoms with Gasteiger partial charge in [0.1, 0.15) is 11.8 Å². The topological polar surface area (TPSA) is 113 Å². The van der Waals surface area contributed by atoms with Gasteiger partial charge >= 0.3 is 5.97 Å². The highest BCUT2D eigenvalue weighted by Gasteiger charge is 2.27. The Morgan fingerprint density at radius 3 is 2.33 bits per heavy atom. The predicted octanol–water partition coefficient (Wildman–Crippen LogP) is 0.877. The third kappa shape index (κ3) is 5.07. The molecule has 0 spiro atoms. The lowest BCUT2D eigenvalue weighted by Crippen LogP contribution is -2.51. The quantitative estimate of drug-likeness (QED) is 0.596. The number of aliphatic carboxylic acids is 1. The molecule has 0 heterocycles. The normalized spacial score (nSPS) is 15.0. The molecule has 3 atom stereocenters. The van der Waals surface area contributed by atoms with Crippen LogP contribution in [0, 0.1) is 5.92 Å². The van der Waals surface area contributed by atoms with Crippen molar-refractivity contribution < 1.29 is 19.8 Å². The average Bonchev–Trinajstić information content (AvgIpc) is 2.45. The van der Waals surface area contributed by atoms with Gasteiger partial charge in [0.15, 0.2) is 0 Å². The monoisotopic (exact) mass is 294 g/mol. The zero-order chi connectivity index (χ0) is 16.0. The van der Waals surface area contributed by atoms with Crippen molar-refractivity contribution in [1.29, 1.82) is 0 Å². The van der Waals surface area contributed by atoms with Gasteiger partial charge in [-0.2, -0.15) is 0 Å². The number of benzene rings is 1. The molecule has 3 unspecified atom stereocenters. The standard InChI is InChI=1S/C15H22N2O4/c1-3-9(2)13(15(20)21)17-14(19)12(16)8-10-4-6-11(18)7-5-10/h4-7,9,12-13,18H,3,8,16H2,1-2H3,(H,17,19)(H,20,21). The molecule has 1 rings (SSSR count). The van der Waals surface area contributed by atoms with Crippen LogP contribution in [0.15, 0.2) is 24.3 Å². The lowest BCUT2D eigenvalue weighted by Gasteiger charge is -2.22. The van der Waals surface area contributed by atoms with Crippen LogP contribution in [-0.4, -0.2) is 34.2 Å². The van der Waals surface area contributed by atoms with E-state index in [4.69, 9.17) is 10.8 Å². The number of carboxylic acid groups (broad SMARTS) is 1. The van der Waals surface area contributed by atoms with E-state index < -0.39 is 24.0 Å². The molecule has 0 bridgehead atoms. The summed E-state index contributed by atoms with van der Waals surface area (Å²) in [5, 5.41) is 20.8. The largest absolute Gasteiger partial charge is 0.508 e. The summed E-state index contributed by atoms with van der Waals surface area (Å²) in [5.41, 5.74) is 6.61. The summed E-state index contributed by atoms with van der Waals surface area (Å²) in [7, 11) is 0. The molecule has 0 fully saturated rings. The molecule has 0 aliphatic heterocycles. The van der Waals surface area contributed by atoms with Crippen LogP contribution in [-0.2, 0) is 16.0 Å². The number of carbonyl (C=O) groups is 2. The minimum absolute atomic E-state index is 0.138. The summed E-state index contributed by atoms with van der Waals surface area (Å²) in [6, 6.07) is 4.60. The number of nitrogens with one attached hydrogen (secondary N) is 1. The Kier molecular flexibility index (Phi) is 6.17. The smallest absolute Gasteiger partial charge is 0.326 e. The summed E-state index contributed by atoms with van der Waals surface area (Å²) < 4.78 is 0. The number of hydrogen-bond donors (Lipinski definition) is 4. The second-order valence-corrected chi connectivity index (χ2v) is 5.19. The van der Waals surface area contributed by atoms with Gasteiger partial charge in [-0.05, 0) is 30.0 Å². The van der Waals surface area contributed by atoms with Crippen molar-refractivity contribution >= 4 is 11.9 Å². The molecule has 6 heteroatoms. The van der Waals surface area contributed by atoms with Crippen molar-refractivity contribution in [2.24, 2.45) is 11.7 Å². The van der Waals surface area contributed by atoms with Gasteiger partial charge in [-0.1, -0.05) is 32.4 Å². The first-order chi connectivity index (χ1) is 9.85. The van der Waals surface area contributed by atoms with Crippen LogP contribution in [0.4, 0.5) is 0 Å². The van der Waals surface area contributed by atoms with E-state index in [0.717, 1.165) is 5.56 Å². The molecule has 0 saturated heterocycles. The maximum atomic E-state index is 12.0. The number of amides is 1. The zero-order valence-corrected chi connectivity index (χ0v) is 12.2. The predicted molar refractivity (Wildman–Crippen MR) is 78.8 cm³/mol. The lowest BCUT2D eigenvalue weighted by molar-refractivity contribution is -0.143. The third-order valence-electron chi connectivity index (χ3n) is 3.51. The van der Waals surface area contributed by atoms with Crippen molar-refractivity contribution in [3.05, 3.63) is 29.8 Å². The maximum absolute atomic E-state index is 12.0. The first-order valence-corrected chi connectivity index (χ1v) is 6.91. The van der Waals surface area contributed by atoms with Crippen LogP contribution in [0.25, 0.3) is 0 Å². The average molecular weight is 294 g/mol. The second kappa shape index (κ2) is 7.64. The van der Waals surface area contributed by atoms with E-state index in [-0.39, 0.29) is 18.1 Å². The van der Waals surface area contributed by atoms with Crippen molar-refractivity contribution in [1.82, 2.24) is 5.32 Å². The number of hydrogen-bond acceptors (Lipinski definition) is 4. The summed E-state index contributed by atoms with van der Waals surface area (Å²) in [6.45, 7) is 3.63. The van der Waals surface area contributed by atoms with E-state index in [1.807, 2.05) is 6.92 Å². The van der Waals surface area contributed by atoms with E-state index in [1.165, 1.54) is 12.1 Å². The highest BCUT2D eigenvalue weighted by atomic mass is 16.4. The van der Waals surface area contributed by atoms with Gasteiger partial charge in [0.2, 0.25) is 5.91 Å². The van der Waals surface area contributed by atoms with Gasteiger partial charge in [-0.15, -0.1) is 0 Å². The Hall–Kier alpha value is -2.08. The molecule has 116 valence electrons. The fourth-order valence-electron chi connectivity index (χ4n) is 1.92. The first-order valence-electron chi connectivity index (χ1n) is 6.91. The Morgan fingerprint density at radius 1 is 1.29 bits per heavy atom. The van der Waals surface area contributed by atoms with Crippen molar-refractivity contribution in [3.63, 3.8) is 0 Å². The molecule has 1 aromatic carbocycles. The fraction of sp³-hybridized carbons (Fsp3) is 0.467. The molecule has 0 aromatic heterocycles. The van der Waals surface area contributed by atoms with E-state index in [0.29, 0.717) is 6.42 Å². The molecule has 1 aromatic rings. The molecular weight excluding hydrogens is 272 g/mol. The molecule has 6 nitrogen and oxygen atoms in total. The van der Waals surface area contributed by atoms with E-state index in [2.05, 4.69) is 5.32 Å². The van der Waals surface area contributed by atoms with Gasteiger partial charge < -0.3 is 21.3 Å².